The van der Waals surface area contributed by atoms with Crippen LogP contribution in [0.5, 0.6) is 5.75 Å². The fourth-order valence-corrected chi connectivity index (χ4v) is 3.31. The third kappa shape index (κ3) is 4.04. The van der Waals surface area contributed by atoms with Crippen LogP contribution in [-0.4, -0.2) is 28.9 Å². The second-order valence-corrected chi connectivity index (χ2v) is 6.75. The maximum absolute atomic E-state index is 12.5. The van der Waals surface area contributed by atoms with Crippen molar-refractivity contribution in [2.45, 2.75) is 19.1 Å². The van der Waals surface area contributed by atoms with Crippen molar-refractivity contribution < 1.29 is 9.84 Å². The number of aliphatic hydroxyl groups is 1. The maximum Gasteiger partial charge on any atom is 0.258 e. The van der Waals surface area contributed by atoms with Gasteiger partial charge in [-0.05, 0) is 42.3 Å². The predicted octanol–water partition coefficient (Wildman–Crippen LogP) is 2.99. The van der Waals surface area contributed by atoms with Crippen LogP contribution in [0.25, 0.3) is 5.69 Å². The number of aromatic nitrogens is 1. The number of pyridine rings is 1. The van der Waals surface area contributed by atoms with Crippen LogP contribution in [-0.2, 0) is 6.61 Å². The smallest absolute Gasteiger partial charge is 0.258 e. The summed E-state index contributed by atoms with van der Waals surface area (Å²) in [6, 6.07) is 21.0. The van der Waals surface area contributed by atoms with Crippen LogP contribution >= 0.6 is 0 Å². The van der Waals surface area contributed by atoms with Gasteiger partial charge in [0.15, 0.2) is 0 Å². The molecular formula is C22H22N2O3. The summed E-state index contributed by atoms with van der Waals surface area (Å²) in [6.07, 6.45) is 2.28. The van der Waals surface area contributed by atoms with Crippen LogP contribution in [0, 0.1) is 0 Å². The Morgan fingerprint density at radius 2 is 1.74 bits per heavy atom. The molecule has 3 aromatic rings. The molecule has 1 saturated heterocycles. The summed E-state index contributed by atoms with van der Waals surface area (Å²) in [5, 5.41) is 9.67. The Balaban J connectivity index is 1.46. The molecule has 2 aromatic carbocycles. The van der Waals surface area contributed by atoms with Crippen LogP contribution in [0.3, 0.4) is 0 Å². The molecule has 5 heteroatoms. The first-order valence-electron chi connectivity index (χ1n) is 9.12. The minimum atomic E-state index is -0.254. The monoisotopic (exact) mass is 362 g/mol. The topological polar surface area (TPSA) is 54.7 Å². The molecule has 27 heavy (non-hydrogen) atoms. The molecule has 0 saturated carbocycles. The zero-order chi connectivity index (χ0) is 18.6. The van der Waals surface area contributed by atoms with E-state index in [4.69, 9.17) is 4.74 Å². The first-order valence-corrected chi connectivity index (χ1v) is 9.12. The van der Waals surface area contributed by atoms with Gasteiger partial charge >= 0.3 is 0 Å². The van der Waals surface area contributed by atoms with E-state index in [0.717, 1.165) is 29.9 Å². The molecule has 0 amide bonds. The van der Waals surface area contributed by atoms with Gasteiger partial charge in [-0.25, -0.2) is 0 Å². The molecule has 0 bridgehead atoms. The molecule has 1 N–H and O–H groups in total. The lowest BCUT2D eigenvalue weighted by atomic mass is 10.2. The number of β-amino-alcohol motifs (C(OH)–C–C–N with tert-alkyl or cyclic N) is 1. The summed E-state index contributed by atoms with van der Waals surface area (Å²) in [5.74, 6) is 0.558. The van der Waals surface area contributed by atoms with Gasteiger partial charge in [-0.2, -0.15) is 0 Å². The molecule has 1 aliphatic rings. The van der Waals surface area contributed by atoms with Crippen molar-refractivity contribution in [1.29, 1.82) is 0 Å². The van der Waals surface area contributed by atoms with Crippen molar-refractivity contribution >= 4 is 5.69 Å². The van der Waals surface area contributed by atoms with Gasteiger partial charge in [-0.1, -0.05) is 30.3 Å². The quantitative estimate of drug-likeness (QED) is 0.758. The number of nitrogens with zero attached hydrogens (tertiary/aromatic N) is 2. The summed E-state index contributed by atoms with van der Waals surface area (Å²) >= 11 is 0. The van der Waals surface area contributed by atoms with Gasteiger partial charge in [0.05, 0.1) is 6.10 Å². The second-order valence-electron chi connectivity index (χ2n) is 6.75. The number of anilines is 1. The Bertz CT molecular complexity index is 951. The fourth-order valence-electron chi connectivity index (χ4n) is 3.31. The Hall–Kier alpha value is -3.05. The molecule has 4 rings (SSSR count). The van der Waals surface area contributed by atoms with Gasteiger partial charge in [0, 0.05) is 36.7 Å². The van der Waals surface area contributed by atoms with E-state index in [1.54, 1.807) is 16.8 Å². The number of hydrogen-bond acceptors (Lipinski definition) is 4. The van der Waals surface area contributed by atoms with Gasteiger partial charge in [-0.3, -0.25) is 9.36 Å². The molecule has 1 aromatic heterocycles. The molecule has 1 atom stereocenters. The van der Waals surface area contributed by atoms with Gasteiger partial charge in [-0.15, -0.1) is 0 Å². The molecule has 138 valence electrons. The number of hydrogen-bond donors (Lipinski definition) is 1. The molecule has 0 radical (unpaired) electrons. The van der Waals surface area contributed by atoms with Crippen LogP contribution in [0.15, 0.2) is 77.7 Å². The lowest BCUT2D eigenvalue weighted by Gasteiger charge is -2.18. The Kier molecular flexibility index (Phi) is 4.94. The molecular weight excluding hydrogens is 340 g/mol. The third-order valence-electron chi connectivity index (χ3n) is 4.80. The highest BCUT2D eigenvalue weighted by molar-refractivity contribution is 5.52. The number of rotatable bonds is 5. The first-order chi connectivity index (χ1) is 13.2. The van der Waals surface area contributed by atoms with E-state index < -0.39 is 0 Å². The minimum Gasteiger partial charge on any atom is -0.489 e. The van der Waals surface area contributed by atoms with Crippen molar-refractivity contribution in [2.24, 2.45) is 0 Å². The molecule has 5 nitrogen and oxygen atoms in total. The standard InChI is InChI=1S/C22H22N2O3/c25-20-10-12-23(15-20)18-6-8-19(9-7-18)24-13-11-21(14-22(24)26)27-16-17-4-2-1-3-5-17/h1-9,11,13-14,20,25H,10,12,15-16H2. The lowest BCUT2D eigenvalue weighted by Crippen LogP contribution is -2.21. The van der Waals surface area contributed by atoms with Gasteiger partial charge < -0.3 is 14.7 Å². The van der Waals surface area contributed by atoms with Crippen LogP contribution in [0.2, 0.25) is 0 Å². The number of benzene rings is 2. The average Bonchev–Trinajstić information content (AvgIpc) is 3.14. The largest absolute Gasteiger partial charge is 0.489 e. The highest BCUT2D eigenvalue weighted by Crippen LogP contribution is 2.22. The van der Waals surface area contributed by atoms with E-state index in [9.17, 15) is 9.90 Å². The van der Waals surface area contributed by atoms with Gasteiger partial charge in [0.25, 0.3) is 5.56 Å². The van der Waals surface area contributed by atoms with Crippen molar-refractivity contribution in [1.82, 2.24) is 4.57 Å². The van der Waals surface area contributed by atoms with Crippen LogP contribution < -0.4 is 15.2 Å². The average molecular weight is 362 g/mol. The highest BCUT2D eigenvalue weighted by atomic mass is 16.5. The van der Waals surface area contributed by atoms with E-state index in [1.807, 2.05) is 54.6 Å². The number of ether oxygens (including phenoxy) is 1. The third-order valence-corrected chi connectivity index (χ3v) is 4.80. The predicted molar refractivity (Wildman–Crippen MR) is 106 cm³/mol. The minimum absolute atomic E-state index is 0.134. The molecule has 1 fully saturated rings. The normalized spacial score (nSPS) is 16.5. The second kappa shape index (κ2) is 7.68. The summed E-state index contributed by atoms with van der Waals surface area (Å²) in [7, 11) is 0. The maximum atomic E-state index is 12.5. The SMILES string of the molecule is O=c1cc(OCc2ccccc2)ccn1-c1ccc(N2CCC(O)C2)cc1. The Morgan fingerprint density at radius 1 is 1.00 bits per heavy atom. The van der Waals surface area contributed by atoms with E-state index in [-0.39, 0.29) is 11.7 Å². The molecule has 1 unspecified atom stereocenters. The van der Waals surface area contributed by atoms with E-state index >= 15 is 0 Å². The molecule has 1 aliphatic heterocycles. The fraction of sp³-hybridized carbons (Fsp3) is 0.227. The van der Waals surface area contributed by atoms with E-state index in [2.05, 4.69) is 4.90 Å². The summed E-state index contributed by atoms with van der Waals surface area (Å²) < 4.78 is 7.31. The number of aliphatic hydroxyl groups excluding tert-OH is 1. The van der Waals surface area contributed by atoms with Crippen molar-refractivity contribution in [3.63, 3.8) is 0 Å². The van der Waals surface area contributed by atoms with Crippen LogP contribution in [0.4, 0.5) is 5.69 Å². The van der Waals surface area contributed by atoms with Gasteiger partial charge in [0.2, 0.25) is 0 Å². The molecule has 2 heterocycles. The first kappa shape index (κ1) is 17.4. The van der Waals surface area contributed by atoms with E-state index in [1.165, 1.54) is 6.07 Å². The lowest BCUT2D eigenvalue weighted by molar-refractivity contribution is 0.198. The Morgan fingerprint density at radius 3 is 2.41 bits per heavy atom. The van der Waals surface area contributed by atoms with Crippen LogP contribution in [0.1, 0.15) is 12.0 Å². The Labute approximate surface area is 158 Å². The zero-order valence-corrected chi connectivity index (χ0v) is 15.0. The highest BCUT2D eigenvalue weighted by Gasteiger charge is 2.20. The van der Waals surface area contributed by atoms with Gasteiger partial charge in [0.1, 0.15) is 12.4 Å². The summed E-state index contributed by atoms with van der Waals surface area (Å²) in [6.45, 7) is 1.95. The van der Waals surface area contributed by atoms with Crippen molar-refractivity contribution in [2.75, 3.05) is 18.0 Å². The summed E-state index contributed by atoms with van der Waals surface area (Å²) in [5.41, 5.74) is 2.79. The van der Waals surface area contributed by atoms with Crippen molar-refractivity contribution in [3.05, 3.63) is 88.8 Å². The molecule has 0 spiro atoms. The zero-order valence-electron chi connectivity index (χ0n) is 15.0. The molecule has 0 aliphatic carbocycles. The van der Waals surface area contributed by atoms with E-state index in [0.29, 0.717) is 18.9 Å². The summed E-state index contributed by atoms with van der Waals surface area (Å²) in [4.78, 5) is 14.6. The van der Waals surface area contributed by atoms with Crippen molar-refractivity contribution in [3.8, 4) is 11.4 Å².